The highest BCUT2D eigenvalue weighted by atomic mass is 35.5. The molecule has 0 bridgehead atoms. The van der Waals surface area contributed by atoms with Crippen molar-refractivity contribution in [1.29, 1.82) is 0 Å². The lowest BCUT2D eigenvalue weighted by Gasteiger charge is -2.27. The van der Waals surface area contributed by atoms with Crippen LogP contribution in [0.4, 0.5) is 0 Å². The van der Waals surface area contributed by atoms with Gasteiger partial charge in [0.2, 0.25) is 12.7 Å². The fourth-order valence-corrected chi connectivity index (χ4v) is 3.72. The van der Waals surface area contributed by atoms with E-state index >= 15 is 0 Å². The van der Waals surface area contributed by atoms with E-state index in [1.807, 2.05) is 18.2 Å². The smallest absolute Gasteiger partial charge is 0.254 e. The summed E-state index contributed by atoms with van der Waals surface area (Å²) in [5.74, 6) is 1.42. The highest BCUT2D eigenvalue weighted by molar-refractivity contribution is 6.31. The van der Waals surface area contributed by atoms with E-state index in [0.29, 0.717) is 34.4 Å². The van der Waals surface area contributed by atoms with E-state index < -0.39 is 0 Å². The number of fused-ring (bicyclic) bond motifs is 1. The lowest BCUT2D eigenvalue weighted by Crippen LogP contribution is -2.42. The molecule has 0 N–H and O–H groups in total. The Morgan fingerprint density at radius 3 is 2.61 bits per heavy atom. The molecule has 7 nitrogen and oxygen atoms in total. The molecule has 2 amide bonds. The van der Waals surface area contributed by atoms with Crippen molar-refractivity contribution in [2.75, 3.05) is 19.9 Å². The van der Waals surface area contributed by atoms with Gasteiger partial charge in [0.1, 0.15) is 12.3 Å². The Bertz CT molecular complexity index is 1150. The Balaban J connectivity index is 1.53. The molecule has 3 aromatic rings. The van der Waals surface area contributed by atoms with Gasteiger partial charge >= 0.3 is 0 Å². The van der Waals surface area contributed by atoms with Crippen LogP contribution in [-0.2, 0) is 17.9 Å². The molecule has 170 valence electrons. The zero-order chi connectivity index (χ0) is 23.2. The summed E-state index contributed by atoms with van der Waals surface area (Å²) in [4.78, 5) is 29.5. The van der Waals surface area contributed by atoms with Crippen LogP contribution in [0.2, 0.25) is 5.02 Å². The number of amides is 2. The van der Waals surface area contributed by atoms with Crippen molar-refractivity contribution < 1.29 is 23.5 Å². The molecule has 1 aliphatic rings. The monoisotopic (exact) mass is 466 g/mol. The molecule has 0 radical (unpaired) electrons. The van der Waals surface area contributed by atoms with Crippen LogP contribution < -0.4 is 9.47 Å². The van der Waals surface area contributed by atoms with Crippen LogP contribution in [0.3, 0.4) is 0 Å². The number of ether oxygens (including phenoxy) is 2. The number of rotatable bonds is 9. The Morgan fingerprint density at radius 2 is 1.85 bits per heavy atom. The number of benzene rings is 2. The van der Waals surface area contributed by atoms with Gasteiger partial charge in [-0.15, -0.1) is 6.58 Å². The van der Waals surface area contributed by atoms with E-state index in [1.54, 1.807) is 53.6 Å². The van der Waals surface area contributed by atoms with Crippen LogP contribution in [0.25, 0.3) is 0 Å². The summed E-state index contributed by atoms with van der Waals surface area (Å²) in [5.41, 5.74) is 1.28. The van der Waals surface area contributed by atoms with Crippen molar-refractivity contribution in [2.24, 2.45) is 0 Å². The first-order chi connectivity index (χ1) is 16.0. The summed E-state index contributed by atoms with van der Waals surface area (Å²) in [6, 6.07) is 15.8. The quantitative estimate of drug-likeness (QED) is 0.433. The molecule has 0 atom stereocenters. The maximum Gasteiger partial charge on any atom is 0.254 e. The number of carbonyl (C=O) groups excluding carboxylic acids is 2. The SMILES string of the molecule is C=CCN(CC(=O)N(Cc1ccc2c(c1)OCO2)Cc1ccco1)C(=O)c1cccc(Cl)c1. The fraction of sp³-hybridized carbons (Fsp3) is 0.200. The molecular weight excluding hydrogens is 444 g/mol. The third-order valence-electron chi connectivity index (χ3n) is 5.12. The van der Waals surface area contributed by atoms with Crippen LogP contribution in [0, 0.1) is 0 Å². The standard InChI is InChI=1S/C25H23ClN2O5/c1-2-10-27(25(30)19-5-3-6-20(26)13-19)16-24(29)28(15-21-7-4-11-31-21)14-18-8-9-22-23(12-18)33-17-32-22/h2-9,11-13H,1,10,14-17H2. The molecule has 0 fully saturated rings. The van der Waals surface area contributed by atoms with Crippen molar-refractivity contribution in [3.63, 3.8) is 0 Å². The molecular formula is C25H23ClN2O5. The molecule has 0 saturated carbocycles. The topological polar surface area (TPSA) is 72.2 Å². The molecule has 1 aromatic heterocycles. The van der Waals surface area contributed by atoms with Crippen molar-refractivity contribution in [2.45, 2.75) is 13.1 Å². The summed E-state index contributed by atoms with van der Waals surface area (Å²) in [6.45, 7) is 4.56. The normalized spacial score (nSPS) is 11.8. The summed E-state index contributed by atoms with van der Waals surface area (Å²) in [6.07, 6.45) is 3.15. The van der Waals surface area contributed by atoms with E-state index in [0.717, 1.165) is 5.56 Å². The van der Waals surface area contributed by atoms with Crippen LogP contribution in [0.5, 0.6) is 11.5 Å². The minimum Gasteiger partial charge on any atom is -0.467 e. The molecule has 4 rings (SSSR count). The second-order valence-electron chi connectivity index (χ2n) is 7.50. The number of nitrogens with zero attached hydrogens (tertiary/aromatic N) is 2. The van der Waals surface area contributed by atoms with Gasteiger partial charge in [-0.2, -0.15) is 0 Å². The molecule has 8 heteroatoms. The average Bonchev–Trinajstić information content (AvgIpc) is 3.49. The second kappa shape index (κ2) is 10.3. The van der Waals surface area contributed by atoms with Crippen molar-refractivity contribution in [3.8, 4) is 11.5 Å². The predicted molar refractivity (Wildman–Crippen MR) is 123 cm³/mol. The second-order valence-corrected chi connectivity index (χ2v) is 7.94. The first-order valence-electron chi connectivity index (χ1n) is 10.4. The Kier molecular flexibility index (Phi) is 7.00. The number of furan rings is 1. The van der Waals surface area contributed by atoms with E-state index in [1.165, 1.54) is 4.90 Å². The predicted octanol–water partition coefficient (Wildman–Crippen LogP) is 4.52. The van der Waals surface area contributed by atoms with Gasteiger partial charge in [-0.3, -0.25) is 9.59 Å². The molecule has 1 aliphatic heterocycles. The third kappa shape index (κ3) is 5.56. The minimum absolute atomic E-state index is 0.122. The van der Waals surface area contributed by atoms with Crippen molar-refractivity contribution >= 4 is 23.4 Å². The Hall–Kier alpha value is -3.71. The van der Waals surface area contributed by atoms with Crippen LogP contribution in [0.1, 0.15) is 21.7 Å². The van der Waals surface area contributed by atoms with Crippen LogP contribution in [-0.4, -0.2) is 41.5 Å². The Labute approximate surface area is 196 Å². The third-order valence-corrected chi connectivity index (χ3v) is 5.36. The van der Waals surface area contributed by atoms with Crippen molar-refractivity contribution in [3.05, 3.63) is 95.4 Å². The lowest BCUT2D eigenvalue weighted by molar-refractivity contribution is -0.133. The average molecular weight is 467 g/mol. The van der Waals surface area contributed by atoms with Crippen LogP contribution in [0.15, 0.2) is 77.9 Å². The van der Waals surface area contributed by atoms with Crippen molar-refractivity contribution in [1.82, 2.24) is 9.80 Å². The summed E-state index contributed by atoms with van der Waals surface area (Å²) >= 11 is 6.04. The molecule has 2 aromatic carbocycles. The van der Waals surface area contributed by atoms with E-state index in [4.69, 9.17) is 25.5 Å². The molecule has 0 unspecified atom stereocenters. The number of hydrogen-bond donors (Lipinski definition) is 0. The highest BCUT2D eigenvalue weighted by Crippen LogP contribution is 2.33. The summed E-state index contributed by atoms with van der Waals surface area (Å²) in [7, 11) is 0. The largest absolute Gasteiger partial charge is 0.467 e. The van der Waals surface area contributed by atoms with Gasteiger partial charge in [0.05, 0.1) is 12.8 Å². The van der Waals surface area contributed by atoms with E-state index in [9.17, 15) is 9.59 Å². The minimum atomic E-state index is -0.299. The van der Waals surface area contributed by atoms with Gasteiger partial charge in [-0.05, 0) is 48.0 Å². The summed E-state index contributed by atoms with van der Waals surface area (Å²) in [5, 5.41) is 0.452. The van der Waals surface area contributed by atoms with Crippen LogP contribution >= 0.6 is 11.6 Å². The molecule has 33 heavy (non-hydrogen) atoms. The molecule has 0 aliphatic carbocycles. The van der Waals surface area contributed by atoms with Gasteiger partial charge in [-0.25, -0.2) is 0 Å². The number of carbonyl (C=O) groups is 2. The molecule has 2 heterocycles. The zero-order valence-electron chi connectivity index (χ0n) is 17.9. The van der Waals surface area contributed by atoms with Gasteiger partial charge in [0.25, 0.3) is 5.91 Å². The number of halogens is 1. The Morgan fingerprint density at radius 1 is 1.00 bits per heavy atom. The molecule has 0 saturated heterocycles. The van der Waals surface area contributed by atoms with Gasteiger partial charge in [0.15, 0.2) is 11.5 Å². The first-order valence-corrected chi connectivity index (χ1v) is 10.8. The van der Waals surface area contributed by atoms with Gasteiger partial charge in [0, 0.05) is 23.7 Å². The number of hydrogen-bond acceptors (Lipinski definition) is 5. The van der Waals surface area contributed by atoms with Gasteiger partial charge < -0.3 is 23.7 Å². The molecule has 0 spiro atoms. The summed E-state index contributed by atoms with van der Waals surface area (Å²) < 4.78 is 16.3. The maximum atomic E-state index is 13.4. The van der Waals surface area contributed by atoms with E-state index in [2.05, 4.69) is 6.58 Å². The van der Waals surface area contributed by atoms with Gasteiger partial charge in [-0.1, -0.05) is 29.8 Å². The van der Waals surface area contributed by atoms with E-state index in [-0.39, 0.29) is 38.2 Å². The highest BCUT2D eigenvalue weighted by Gasteiger charge is 2.24. The lowest BCUT2D eigenvalue weighted by atomic mass is 10.1. The maximum absolute atomic E-state index is 13.4. The first kappa shape index (κ1) is 22.5. The fourth-order valence-electron chi connectivity index (χ4n) is 3.53. The zero-order valence-corrected chi connectivity index (χ0v) is 18.7.